The average Bonchev–Trinajstić information content (AvgIpc) is 2.28. The molecule has 4 nitrogen and oxygen atoms in total. The first kappa shape index (κ1) is 12.2. The van der Waals surface area contributed by atoms with E-state index in [1.54, 1.807) is 24.4 Å². The van der Waals surface area contributed by atoms with Crippen molar-refractivity contribution in [3.8, 4) is 0 Å². The Kier molecular flexibility index (Phi) is 5.05. The summed E-state index contributed by atoms with van der Waals surface area (Å²) >= 11 is 0. The number of rotatable bonds is 6. The van der Waals surface area contributed by atoms with Gasteiger partial charge in [0.1, 0.15) is 0 Å². The number of nitrogens with zero attached hydrogens (tertiary/aromatic N) is 1. The minimum Gasteiger partial charge on any atom is -0.356 e. The molecule has 0 bridgehead atoms. The first-order valence-electron chi connectivity index (χ1n) is 5.27. The van der Waals surface area contributed by atoms with E-state index in [0.717, 1.165) is 6.42 Å². The molecule has 1 heterocycles. The summed E-state index contributed by atoms with van der Waals surface area (Å²) in [7, 11) is 0. The first-order valence-corrected chi connectivity index (χ1v) is 5.27. The third-order valence-electron chi connectivity index (χ3n) is 2.15. The minimum atomic E-state index is -0.0820. The molecule has 0 aromatic carbocycles. The summed E-state index contributed by atoms with van der Waals surface area (Å²) in [6.45, 7) is 4.59. The standard InChI is InChI=1S/C12H16N2O2/c1-2-3-8-13-11(15)7-10-14-9-5-4-6-12(14)16/h2,4-6,9H,1,3,7-8,10H2,(H,13,15). The van der Waals surface area contributed by atoms with E-state index in [-0.39, 0.29) is 11.5 Å². The number of carbonyl (C=O) groups excluding carboxylic acids is 1. The highest BCUT2D eigenvalue weighted by Crippen LogP contribution is 1.88. The second kappa shape index (κ2) is 6.61. The molecule has 1 amide bonds. The monoisotopic (exact) mass is 220 g/mol. The number of hydrogen-bond acceptors (Lipinski definition) is 2. The van der Waals surface area contributed by atoms with Gasteiger partial charge in [-0.2, -0.15) is 0 Å². The lowest BCUT2D eigenvalue weighted by Crippen LogP contribution is -2.27. The number of hydrogen-bond donors (Lipinski definition) is 1. The zero-order chi connectivity index (χ0) is 11.8. The van der Waals surface area contributed by atoms with E-state index >= 15 is 0 Å². The second-order valence-corrected chi connectivity index (χ2v) is 3.41. The van der Waals surface area contributed by atoms with Crippen LogP contribution in [-0.4, -0.2) is 17.0 Å². The topological polar surface area (TPSA) is 51.1 Å². The molecular weight excluding hydrogens is 204 g/mol. The summed E-state index contributed by atoms with van der Waals surface area (Å²) in [6, 6.07) is 4.94. The van der Waals surface area contributed by atoms with E-state index in [1.807, 2.05) is 0 Å². The zero-order valence-electron chi connectivity index (χ0n) is 9.19. The number of carbonyl (C=O) groups is 1. The van der Waals surface area contributed by atoms with Gasteiger partial charge >= 0.3 is 0 Å². The highest BCUT2D eigenvalue weighted by Gasteiger charge is 2.01. The molecule has 16 heavy (non-hydrogen) atoms. The van der Waals surface area contributed by atoms with Crippen molar-refractivity contribution < 1.29 is 4.79 Å². The van der Waals surface area contributed by atoms with Gasteiger partial charge in [0.2, 0.25) is 5.91 Å². The van der Waals surface area contributed by atoms with Gasteiger partial charge in [-0.1, -0.05) is 12.1 Å². The van der Waals surface area contributed by atoms with Gasteiger partial charge in [-0.15, -0.1) is 6.58 Å². The summed E-state index contributed by atoms with van der Waals surface area (Å²) < 4.78 is 1.52. The summed E-state index contributed by atoms with van der Waals surface area (Å²) in [5.41, 5.74) is -0.0820. The fraction of sp³-hybridized carbons (Fsp3) is 0.333. The van der Waals surface area contributed by atoms with E-state index in [1.165, 1.54) is 10.6 Å². The molecule has 0 radical (unpaired) electrons. The molecule has 1 aromatic rings. The van der Waals surface area contributed by atoms with Crippen LogP contribution in [0.3, 0.4) is 0 Å². The van der Waals surface area contributed by atoms with Crippen LogP contribution in [0, 0.1) is 0 Å². The summed E-state index contributed by atoms with van der Waals surface area (Å²) in [4.78, 5) is 22.7. The van der Waals surface area contributed by atoms with Crippen molar-refractivity contribution in [1.82, 2.24) is 9.88 Å². The third kappa shape index (κ3) is 4.13. The van der Waals surface area contributed by atoms with Gasteiger partial charge in [0.25, 0.3) is 5.56 Å². The maximum absolute atomic E-state index is 11.3. The summed E-state index contributed by atoms with van der Waals surface area (Å²) in [5, 5.41) is 2.75. The Hall–Kier alpha value is -1.84. The molecule has 0 unspecified atom stereocenters. The van der Waals surface area contributed by atoms with Crippen LogP contribution in [0.1, 0.15) is 12.8 Å². The van der Waals surface area contributed by atoms with Gasteiger partial charge in [-0.25, -0.2) is 0 Å². The lowest BCUT2D eigenvalue weighted by molar-refractivity contribution is -0.121. The third-order valence-corrected chi connectivity index (χ3v) is 2.15. The van der Waals surface area contributed by atoms with Crippen LogP contribution in [0.2, 0.25) is 0 Å². The number of pyridine rings is 1. The molecule has 0 saturated carbocycles. The highest BCUT2D eigenvalue weighted by atomic mass is 16.1. The predicted molar refractivity (Wildman–Crippen MR) is 63.1 cm³/mol. The normalized spacial score (nSPS) is 9.75. The molecule has 0 aliphatic carbocycles. The number of aromatic nitrogens is 1. The molecule has 0 fully saturated rings. The summed E-state index contributed by atoms with van der Waals surface area (Å²) in [5.74, 6) is -0.0439. The number of aryl methyl sites for hydroxylation is 1. The first-order chi connectivity index (χ1) is 7.74. The van der Waals surface area contributed by atoms with Crippen molar-refractivity contribution in [3.63, 3.8) is 0 Å². The quantitative estimate of drug-likeness (QED) is 0.572. The van der Waals surface area contributed by atoms with Gasteiger partial charge < -0.3 is 9.88 Å². The smallest absolute Gasteiger partial charge is 0.250 e. The lowest BCUT2D eigenvalue weighted by atomic mass is 10.3. The SMILES string of the molecule is C=CCCNC(=O)CCn1ccccc1=O. The van der Waals surface area contributed by atoms with Crippen molar-refractivity contribution in [3.05, 3.63) is 47.4 Å². The summed E-state index contributed by atoms with van der Waals surface area (Å²) in [6.07, 6.45) is 4.51. The molecule has 0 atom stereocenters. The van der Waals surface area contributed by atoms with Gasteiger partial charge in [-0.05, 0) is 12.5 Å². The molecular formula is C12H16N2O2. The lowest BCUT2D eigenvalue weighted by Gasteiger charge is -2.05. The van der Waals surface area contributed by atoms with Crippen LogP contribution in [0.15, 0.2) is 41.8 Å². The molecule has 1 rings (SSSR count). The van der Waals surface area contributed by atoms with Crippen LogP contribution in [-0.2, 0) is 11.3 Å². The van der Waals surface area contributed by atoms with Crippen molar-refractivity contribution in [2.24, 2.45) is 0 Å². The molecule has 0 aliphatic heterocycles. The molecule has 0 aliphatic rings. The zero-order valence-corrected chi connectivity index (χ0v) is 9.19. The molecule has 0 saturated heterocycles. The Bertz CT molecular complexity index is 409. The van der Waals surface area contributed by atoms with Crippen LogP contribution < -0.4 is 10.9 Å². The largest absolute Gasteiger partial charge is 0.356 e. The van der Waals surface area contributed by atoms with Crippen molar-refractivity contribution in [1.29, 1.82) is 0 Å². The van der Waals surface area contributed by atoms with Crippen molar-refractivity contribution in [2.45, 2.75) is 19.4 Å². The fourth-order valence-corrected chi connectivity index (χ4v) is 1.27. The Balaban J connectivity index is 2.34. The number of amides is 1. The maximum atomic E-state index is 11.3. The van der Waals surface area contributed by atoms with E-state index in [4.69, 9.17) is 0 Å². The Morgan fingerprint density at radius 1 is 1.50 bits per heavy atom. The molecule has 1 N–H and O–H groups in total. The Labute approximate surface area is 94.6 Å². The van der Waals surface area contributed by atoms with Crippen molar-refractivity contribution >= 4 is 5.91 Å². The molecule has 86 valence electrons. The van der Waals surface area contributed by atoms with Crippen molar-refractivity contribution in [2.75, 3.05) is 6.54 Å². The van der Waals surface area contributed by atoms with E-state index < -0.39 is 0 Å². The van der Waals surface area contributed by atoms with Crippen LogP contribution in [0.5, 0.6) is 0 Å². The van der Waals surface area contributed by atoms with Crippen LogP contribution in [0.25, 0.3) is 0 Å². The van der Waals surface area contributed by atoms with Gasteiger partial charge in [0.15, 0.2) is 0 Å². The van der Waals surface area contributed by atoms with E-state index in [9.17, 15) is 9.59 Å². The Morgan fingerprint density at radius 2 is 2.31 bits per heavy atom. The molecule has 4 heteroatoms. The fourth-order valence-electron chi connectivity index (χ4n) is 1.27. The number of nitrogens with one attached hydrogen (secondary N) is 1. The predicted octanol–water partition coefficient (Wildman–Crippen LogP) is 0.931. The maximum Gasteiger partial charge on any atom is 0.250 e. The van der Waals surface area contributed by atoms with Gasteiger partial charge in [0.05, 0.1) is 0 Å². The average molecular weight is 220 g/mol. The van der Waals surface area contributed by atoms with E-state index in [2.05, 4.69) is 11.9 Å². The van der Waals surface area contributed by atoms with Gasteiger partial charge in [-0.3, -0.25) is 9.59 Å². The van der Waals surface area contributed by atoms with E-state index in [0.29, 0.717) is 19.5 Å². The second-order valence-electron chi connectivity index (χ2n) is 3.41. The molecule has 1 aromatic heterocycles. The molecule has 0 spiro atoms. The van der Waals surface area contributed by atoms with Crippen LogP contribution >= 0.6 is 0 Å². The highest BCUT2D eigenvalue weighted by molar-refractivity contribution is 5.75. The van der Waals surface area contributed by atoms with Gasteiger partial charge in [0, 0.05) is 31.8 Å². The minimum absolute atomic E-state index is 0.0439. The van der Waals surface area contributed by atoms with Crippen LogP contribution in [0.4, 0.5) is 0 Å². The Morgan fingerprint density at radius 3 is 3.00 bits per heavy atom.